The van der Waals surface area contributed by atoms with Gasteiger partial charge in [-0.15, -0.1) is 11.3 Å². The van der Waals surface area contributed by atoms with E-state index in [1.54, 1.807) is 0 Å². The first kappa shape index (κ1) is 10.6. The second-order valence-corrected chi connectivity index (χ2v) is 4.74. The molecule has 1 amide bonds. The van der Waals surface area contributed by atoms with Crippen LogP contribution in [0.1, 0.15) is 16.1 Å². The van der Waals surface area contributed by atoms with E-state index < -0.39 is 0 Å². The smallest absolute Gasteiger partial charge is 0.289 e. The van der Waals surface area contributed by atoms with E-state index in [0.29, 0.717) is 13.2 Å². The van der Waals surface area contributed by atoms with Gasteiger partial charge in [-0.05, 0) is 30.0 Å². The SMILES string of the molecule is O=C(c1sccc1-n1cccc1)N1CCCO1. The van der Waals surface area contributed by atoms with Gasteiger partial charge >= 0.3 is 0 Å². The average molecular weight is 248 g/mol. The number of rotatable bonds is 2. The number of nitrogens with zero attached hydrogens (tertiary/aromatic N) is 2. The Bertz CT molecular complexity index is 512. The molecule has 2 aromatic heterocycles. The van der Waals surface area contributed by atoms with Gasteiger partial charge in [0, 0.05) is 12.4 Å². The third-order valence-electron chi connectivity index (χ3n) is 2.70. The van der Waals surface area contributed by atoms with Crippen LogP contribution in [0.3, 0.4) is 0 Å². The van der Waals surface area contributed by atoms with Gasteiger partial charge in [-0.1, -0.05) is 0 Å². The third kappa shape index (κ3) is 1.87. The molecule has 0 N–H and O–H groups in total. The summed E-state index contributed by atoms with van der Waals surface area (Å²) in [6.45, 7) is 1.32. The van der Waals surface area contributed by atoms with Crippen LogP contribution in [-0.4, -0.2) is 28.7 Å². The number of thiophene rings is 1. The number of amides is 1. The van der Waals surface area contributed by atoms with Gasteiger partial charge in [-0.3, -0.25) is 9.63 Å². The lowest BCUT2D eigenvalue weighted by molar-refractivity contribution is -0.0765. The summed E-state index contributed by atoms with van der Waals surface area (Å²) in [4.78, 5) is 18.2. The molecule has 1 aliphatic heterocycles. The van der Waals surface area contributed by atoms with Gasteiger partial charge in [0.25, 0.3) is 5.91 Å². The first-order chi connectivity index (χ1) is 8.36. The molecule has 5 heteroatoms. The molecule has 4 nitrogen and oxygen atoms in total. The molecule has 0 bridgehead atoms. The summed E-state index contributed by atoms with van der Waals surface area (Å²) in [7, 11) is 0. The highest BCUT2D eigenvalue weighted by Crippen LogP contribution is 2.24. The molecular weight excluding hydrogens is 236 g/mol. The average Bonchev–Trinajstić information content (AvgIpc) is 3.09. The number of aromatic nitrogens is 1. The van der Waals surface area contributed by atoms with E-state index in [-0.39, 0.29) is 5.91 Å². The quantitative estimate of drug-likeness (QED) is 0.817. The van der Waals surface area contributed by atoms with Gasteiger partial charge in [-0.2, -0.15) is 0 Å². The van der Waals surface area contributed by atoms with Gasteiger partial charge in [0.05, 0.1) is 18.8 Å². The molecule has 3 heterocycles. The fourth-order valence-electron chi connectivity index (χ4n) is 1.88. The standard InChI is InChI=1S/C12H12N2O2S/c15-12(14-7-3-8-16-14)11-10(4-9-17-11)13-5-1-2-6-13/h1-2,4-6,9H,3,7-8H2. The highest BCUT2D eigenvalue weighted by Gasteiger charge is 2.24. The molecule has 0 radical (unpaired) electrons. The minimum atomic E-state index is -0.0406. The molecule has 2 aromatic rings. The van der Waals surface area contributed by atoms with Crippen LogP contribution in [0, 0.1) is 0 Å². The van der Waals surface area contributed by atoms with Crippen LogP contribution in [0.4, 0.5) is 0 Å². The van der Waals surface area contributed by atoms with Gasteiger partial charge in [0.1, 0.15) is 4.88 Å². The summed E-state index contributed by atoms with van der Waals surface area (Å²) in [6.07, 6.45) is 4.78. The predicted molar refractivity (Wildman–Crippen MR) is 65.3 cm³/mol. The number of carbonyl (C=O) groups is 1. The van der Waals surface area contributed by atoms with Crippen molar-refractivity contribution >= 4 is 17.2 Å². The minimum Gasteiger partial charge on any atom is -0.322 e. The van der Waals surface area contributed by atoms with Crippen molar-refractivity contribution in [3.63, 3.8) is 0 Å². The zero-order chi connectivity index (χ0) is 11.7. The van der Waals surface area contributed by atoms with Crippen molar-refractivity contribution < 1.29 is 9.63 Å². The van der Waals surface area contributed by atoms with Crippen molar-refractivity contribution in [3.05, 3.63) is 40.8 Å². The summed E-state index contributed by atoms with van der Waals surface area (Å²) in [6, 6.07) is 5.84. The molecule has 0 saturated carbocycles. The Morgan fingerprint density at radius 2 is 2.18 bits per heavy atom. The maximum absolute atomic E-state index is 12.2. The number of hydrogen-bond acceptors (Lipinski definition) is 3. The van der Waals surface area contributed by atoms with Crippen molar-refractivity contribution in [1.82, 2.24) is 9.63 Å². The normalized spacial score (nSPS) is 15.4. The van der Waals surface area contributed by atoms with Crippen LogP contribution in [0.2, 0.25) is 0 Å². The van der Waals surface area contributed by atoms with E-state index in [4.69, 9.17) is 4.84 Å². The van der Waals surface area contributed by atoms with Crippen LogP contribution in [0.15, 0.2) is 36.0 Å². The summed E-state index contributed by atoms with van der Waals surface area (Å²) >= 11 is 1.45. The monoisotopic (exact) mass is 248 g/mol. The first-order valence-electron chi connectivity index (χ1n) is 5.52. The zero-order valence-corrected chi connectivity index (χ0v) is 10.0. The maximum Gasteiger partial charge on any atom is 0.289 e. The summed E-state index contributed by atoms with van der Waals surface area (Å²) in [5.41, 5.74) is 0.917. The van der Waals surface area contributed by atoms with Crippen molar-refractivity contribution in [2.45, 2.75) is 6.42 Å². The van der Waals surface area contributed by atoms with E-state index in [1.165, 1.54) is 16.4 Å². The largest absolute Gasteiger partial charge is 0.322 e. The Kier molecular flexibility index (Phi) is 2.70. The molecule has 1 aliphatic rings. The van der Waals surface area contributed by atoms with Gasteiger partial charge in [0.2, 0.25) is 0 Å². The van der Waals surface area contributed by atoms with E-state index in [2.05, 4.69) is 0 Å². The Morgan fingerprint density at radius 1 is 1.35 bits per heavy atom. The van der Waals surface area contributed by atoms with Gasteiger partial charge in [0.15, 0.2) is 0 Å². The number of carbonyl (C=O) groups excluding carboxylic acids is 1. The highest BCUT2D eigenvalue weighted by molar-refractivity contribution is 7.12. The fraction of sp³-hybridized carbons (Fsp3) is 0.250. The second kappa shape index (κ2) is 4.35. The molecule has 0 unspecified atom stereocenters. The van der Waals surface area contributed by atoms with Crippen LogP contribution < -0.4 is 0 Å². The molecule has 0 spiro atoms. The lowest BCUT2D eigenvalue weighted by Crippen LogP contribution is -2.26. The summed E-state index contributed by atoms with van der Waals surface area (Å²) < 4.78 is 1.94. The highest BCUT2D eigenvalue weighted by atomic mass is 32.1. The molecule has 0 aromatic carbocycles. The predicted octanol–water partition coefficient (Wildman–Crippen LogP) is 2.32. The van der Waals surface area contributed by atoms with Crippen molar-refractivity contribution in [2.24, 2.45) is 0 Å². The first-order valence-corrected chi connectivity index (χ1v) is 6.40. The lowest BCUT2D eigenvalue weighted by Gasteiger charge is -2.13. The Balaban J connectivity index is 1.93. The van der Waals surface area contributed by atoms with Gasteiger partial charge < -0.3 is 4.57 Å². The third-order valence-corrected chi connectivity index (χ3v) is 3.59. The Morgan fingerprint density at radius 3 is 2.88 bits per heavy atom. The Hall–Kier alpha value is -1.59. The maximum atomic E-state index is 12.2. The lowest BCUT2D eigenvalue weighted by atomic mass is 10.3. The van der Waals surface area contributed by atoms with Crippen molar-refractivity contribution in [1.29, 1.82) is 0 Å². The molecule has 1 fully saturated rings. The topological polar surface area (TPSA) is 34.5 Å². The van der Waals surface area contributed by atoms with Crippen molar-refractivity contribution in [3.8, 4) is 5.69 Å². The summed E-state index contributed by atoms with van der Waals surface area (Å²) in [5, 5.41) is 3.39. The molecular formula is C12H12N2O2S. The molecule has 88 valence electrons. The van der Waals surface area contributed by atoms with Crippen LogP contribution in [-0.2, 0) is 4.84 Å². The van der Waals surface area contributed by atoms with Gasteiger partial charge in [-0.25, -0.2) is 5.06 Å². The number of hydrogen-bond donors (Lipinski definition) is 0. The molecule has 0 atom stereocenters. The van der Waals surface area contributed by atoms with E-state index in [0.717, 1.165) is 17.0 Å². The molecule has 0 aliphatic carbocycles. The van der Waals surface area contributed by atoms with Crippen LogP contribution in [0.25, 0.3) is 5.69 Å². The molecule has 1 saturated heterocycles. The van der Waals surface area contributed by atoms with E-state index in [9.17, 15) is 4.79 Å². The number of hydroxylamine groups is 2. The van der Waals surface area contributed by atoms with Crippen LogP contribution >= 0.6 is 11.3 Å². The fourth-order valence-corrected chi connectivity index (χ4v) is 2.71. The second-order valence-electron chi connectivity index (χ2n) is 3.82. The zero-order valence-electron chi connectivity index (χ0n) is 9.20. The summed E-state index contributed by atoms with van der Waals surface area (Å²) in [5.74, 6) is -0.0406. The Labute approximate surface area is 103 Å². The van der Waals surface area contributed by atoms with Crippen LogP contribution in [0.5, 0.6) is 0 Å². The molecule has 3 rings (SSSR count). The van der Waals surface area contributed by atoms with E-state index in [1.807, 2.05) is 40.5 Å². The van der Waals surface area contributed by atoms with E-state index >= 15 is 0 Å². The van der Waals surface area contributed by atoms with Crippen molar-refractivity contribution in [2.75, 3.05) is 13.2 Å². The minimum absolute atomic E-state index is 0.0406. The molecule has 17 heavy (non-hydrogen) atoms.